The molecule has 1 fully saturated rings. The van der Waals surface area contributed by atoms with E-state index in [1.54, 1.807) is 0 Å². The number of rotatable bonds is 5. The lowest BCUT2D eigenvalue weighted by Crippen LogP contribution is -2.32. The summed E-state index contributed by atoms with van der Waals surface area (Å²) in [5.74, 6) is 1.04. The van der Waals surface area contributed by atoms with Crippen molar-refractivity contribution in [3.05, 3.63) is 42.1 Å². The molecule has 0 saturated carbocycles. The van der Waals surface area contributed by atoms with Crippen LogP contribution in [0.1, 0.15) is 33.4 Å². The average Bonchev–Trinajstić information content (AvgIpc) is 3.51. The minimum absolute atomic E-state index is 0. The maximum absolute atomic E-state index is 12.6. The quantitative estimate of drug-likeness (QED) is 0.458. The zero-order chi connectivity index (χ0) is 20.5. The third kappa shape index (κ3) is 3.59. The van der Waals surface area contributed by atoms with Gasteiger partial charge in [-0.1, -0.05) is 11.2 Å². The number of aryl methyl sites for hydroxylation is 1. The summed E-state index contributed by atoms with van der Waals surface area (Å²) in [6, 6.07) is 7.93. The van der Waals surface area contributed by atoms with E-state index in [0.717, 1.165) is 59.6 Å². The number of amides is 1. The molecule has 3 N–H and O–H groups in total. The van der Waals surface area contributed by atoms with Crippen LogP contribution in [0.2, 0.25) is 0 Å². The number of carbonyl (C=O) groups is 1. The topological polar surface area (TPSA) is 122 Å². The predicted octanol–water partition coefficient (Wildman–Crippen LogP) is 3.81. The lowest BCUT2D eigenvalue weighted by molar-refractivity contribution is 0.0641. The van der Waals surface area contributed by atoms with Crippen LogP contribution in [0, 0.1) is 12.8 Å². The fourth-order valence-electron chi connectivity index (χ4n) is 3.81. The molecule has 0 unspecified atom stereocenters. The molecule has 0 radical (unpaired) electrons. The van der Waals surface area contributed by atoms with Gasteiger partial charge in [0.25, 0.3) is 11.8 Å². The van der Waals surface area contributed by atoms with E-state index in [-0.39, 0.29) is 10.2 Å². The molecule has 1 aliphatic heterocycles. The van der Waals surface area contributed by atoms with Gasteiger partial charge in [-0.3, -0.25) is 4.79 Å². The van der Waals surface area contributed by atoms with Crippen molar-refractivity contribution in [1.82, 2.24) is 30.4 Å². The molecule has 1 aromatic carbocycles. The number of nitrogens with zero attached hydrogens (tertiary/aromatic N) is 3. The monoisotopic (exact) mass is 412 g/mol. The molecule has 1 amide bonds. The van der Waals surface area contributed by atoms with Crippen molar-refractivity contribution in [2.24, 2.45) is 5.92 Å². The molecule has 5 rings (SSSR count). The summed E-state index contributed by atoms with van der Waals surface area (Å²) >= 11 is 0. The van der Waals surface area contributed by atoms with E-state index in [0.29, 0.717) is 24.2 Å². The van der Waals surface area contributed by atoms with Crippen molar-refractivity contribution in [3.63, 3.8) is 0 Å². The molecule has 0 bridgehead atoms. The fourth-order valence-corrected chi connectivity index (χ4v) is 3.81. The van der Waals surface area contributed by atoms with Crippen LogP contribution < -0.4 is 5.32 Å². The maximum atomic E-state index is 12.6. The number of nitrogens with one attached hydrogen (secondary N) is 3. The van der Waals surface area contributed by atoms with Crippen molar-refractivity contribution in [2.45, 2.75) is 19.8 Å². The standard InChI is InChI=1S/C21H22N6O3.3H2/c1-12-18(27-19(25-12)20(28)22-10-13-4-6-29-7-5-13)14-2-3-16-15(8-14)9-17(26-16)21-23-11-24-30-21;;;/h2-3,8-9,11,13,26H,4-7,10H2,1H3,(H,22,28)(H,25,27);3*1H. The summed E-state index contributed by atoms with van der Waals surface area (Å²) in [7, 11) is 0. The highest BCUT2D eigenvalue weighted by molar-refractivity contribution is 5.92. The smallest absolute Gasteiger partial charge is 0.287 e. The molecule has 160 valence electrons. The lowest BCUT2D eigenvalue weighted by atomic mass is 10.0. The van der Waals surface area contributed by atoms with Gasteiger partial charge in [0.15, 0.2) is 12.2 Å². The van der Waals surface area contributed by atoms with Crippen LogP contribution in [0.4, 0.5) is 0 Å². The molecule has 0 spiro atoms. The summed E-state index contributed by atoms with van der Waals surface area (Å²) in [5, 5.41) is 7.63. The van der Waals surface area contributed by atoms with Crippen LogP contribution in [-0.4, -0.2) is 50.8 Å². The van der Waals surface area contributed by atoms with Gasteiger partial charge in [-0.05, 0) is 43.9 Å². The average molecular weight is 412 g/mol. The van der Waals surface area contributed by atoms with Crippen LogP contribution in [0.5, 0.6) is 0 Å². The van der Waals surface area contributed by atoms with Gasteiger partial charge in [0.1, 0.15) is 5.69 Å². The Hall–Kier alpha value is -3.46. The number of ether oxygens (including phenoxy) is 1. The second-order valence-electron chi connectivity index (χ2n) is 7.56. The van der Waals surface area contributed by atoms with E-state index in [1.165, 1.54) is 6.33 Å². The molecular weight excluding hydrogens is 384 g/mol. The van der Waals surface area contributed by atoms with Gasteiger partial charge in [-0.2, -0.15) is 4.98 Å². The second-order valence-corrected chi connectivity index (χ2v) is 7.56. The molecule has 4 heterocycles. The van der Waals surface area contributed by atoms with Crippen molar-refractivity contribution in [3.8, 4) is 22.8 Å². The van der Waals surface area contributed by atoms with Crippen LogP contribution >= 0.6 is 0 Å². The Bertz CT molecular complexity index is 1190. The summed E-state index contributed by atoms with van der Waals surface area (Å²) in [6.45, 7) is 4.09. The first-order valence-electron chi connectivity index (χ1n) is 10.00. The van der Waals surface area contributed by atoms with E-state index in [4.69, 9.17) is 9.26 Å². The Morgan fingerprint density at radius 2 is 2.13 bits per heavy atom. The van der Waals surface area contributed by atoms with Crippen LogP contribution in [0.3, 0.4) is 0 Å². The molecule has 3 aromatic heterocycles. The molecule has 1 aliphatic rings. The molecule has 0 atom stereocenters. The Balaban J connectivity index is 0.00000128. The minimum Gasteiger partial charge on any atom is -0.381 e. The zero-order valence-electron chi connectivity index (χ0n) is 16.6. The van der Waals surface area contributed by atoms with Crippen molar-refractivity contribution < 1.29 is 18.3 Å². The Kier molecular flexibility index (Phi) is 4.80. The van der Waals surface area contributed by atoms with Crippen LogP contribution in [0.25, 0.3) is 33.7 Å². The van der Waals surface area contributed by atoms with Gasteiger partial charge in [0.2, 0.25) is 0 Å². The van der Waals surface area contributed by atoms with Gasteiger partial charge < -0.3 is 24.5 Å². The molecule has 1 saturated heterocycles. The summed E-state index contributed by atoms with van der Waals surface area (Å²) in [5.41, 5.74) is 4.24. The number of carbonyl (C=O) groups excluding carboxylic acids is 1. The predicted molar refractivity (Wildman–Crippen MR) is 116 cm³/mol. The van der Waals surface area contributed by atoms with Gasteiger partial charge in [-0.25, -0.2) is 4.98 Å². The number of imidazole rings is 1. The highest BCUT2D eigenvalue weighted by Crippen LogP contribution is 2.28. The normalized spacial score (nSPS) is 15.0. The largest absolute Gasteiger partial charge is 0.381 e. The fraction of sp³-hybridized carbons (Fsp3) is 0.333. The number of aromatic nitrogens is 5. The van der Waals surface area contributed by atoms with Gasteiger partial charge in [0.05, 0.1) is 5.69 Å². The number of fused-ring (bicyclic) bond motifs is 1. The molecular formula is C21H28N6O3. The molecule has 30 heavy (non-hydrogen) atoms. The van der Waals surface area contributed by atoms with Gasteiger partial charge >= 0.3 is 0 Å². The first kappa shape index (κ1) is 18.6. The van der Waals surface area contributed by atoms with Crippen LogP contribution in [0.15, 0.2) is 35.1 Å². The van der Waals surface area contributed by atoms with Crippen molar-refractivity contribution >= 4 is 16.8 Å². The first-order valence-corrected chi connectivity index (χ1v) is 10.00. The number of benzene rings is 1. The SMILES string of the molecule is Cc1[nH]c(C(=O)NCC2CCOCC2)nc1-c1ccc2[nH]c(-c3ncno3)cc2c1.[HH].[HH].[HH]. The van der Waals surface area contributed by atoms with Gasteiger partial charge in [-0.15, -0.1) is 0 Å². The van der Waals surface area contributed by atoms with E-state index >= 15 is 0 Å². The van der Waals surface area contributed by atoms with Crippen molar-refractivity contribution in [1.29, 1.82) is 0 Å². The third-order valence-corrected chi connectivity index (χ3v) is 5.48. The number of H-pyrrole nitrogens is 2. The minimum atomic E-state index is -0.183. The number of hydrogen-bond donors (Lipinski definition) is 3. The highest BCUT2D eigenvalue weighted by atomic mass is 16.5. The third-order valence-electron chi connectivity index (χ3n) is 5.48. The molecule has 9 nitrogen and oxygen atoms in total. The van der Waals surface area contributed by atoms with Crippen LogP contribution in [-0.2, 0) is 4.74 Å². The molecule has 0 aliphatic carbocycles. The molecule has 9 heteroatoms. The zero-order valence-corrected chi connectivity index (χ0v) is 16.6. The van der Waals surface area contributed by atoms with Gasteiger partial charge in [0, 0.05) is 46.2 Å². The lowest BCUT2D eigenvalue weighted by Gasteiger charge is -2.21. The summed E-state index contributed by atoms with van der Waals surface area (Å²) < 4.78 is 10.5. The summed E-state index contributed by atoms with van der Waals surface area (Å²) in [4.78, 5) is 27.6. The van der Waals surface area contributed by atoms with Crippen molar-refractivity contribution in [2.75, 3.05) is 19.8 Å². The van der Waals surface area contributed by atoms with E-state index < -0.39 is 0 Å². The highest BCUT2D eigenvalue weighted by Gasteiger charge is 2.19. The molecule has 4 aromatic rings. The second kappa shape index (κ2) is 7.75. The summed E-state index contributed by atoms with van der Waals surface area (Å²) in [6.07, 6.45) is 3.32. The Morgan fingerprint density at radius 1 is 1.27 bits per heavy atom. The Labute approximate surface area is 176 Å². The number of aromatic amines is 2. The van der Waals surface area contributed by atoms with E-state index in [2.05, 4.69) is 30.4 Å². The number of hydrogen-bond acceptors (Lipinski definition) is 6. The van der Waals surface area contributed by atoms with E-state index in [1.807, 2.05) is 31.2 Å². The maximum Gasteiger partial charge on any atom is 0.287 e. The first-order chi connectivity index (χ1) is 14.7. The van der Waals surface area contributed by atoms with E-state index in [9.17, 15) is 4.79 Å². The Morgan fingerprint density at radius 3 is 2.93 bits per heavy atom.